The number of benzene rings is 2. The minimum Gasteiger partial charge on any atom is -0.508 e. The molecule has 4 unspecified atom stereocenters. The number of nitrogens with zero attached hydrogens (tertiary/aromatic N) is 1. The molecule has 0 radical (unpaired) electrons. The molecule has 3 aliphatic carbocycles. The van der Waals surface area contributed by atoms with E-state index >= 15 is 0 Å². The summed E-state index contributed by atoms with van der Waals surface area (Å²) in [4.78, 5) is 55.5. The number of hydrogen-bond acceptors (Lipinski definition) is 5. The van der Waals surface area contributed by atoms with E-state index in [9.17, 15) is 24.3 Å². The van der Waals surface area contributed by atoms with Crippen molar-refractivity contribution in [3.05, 3.63) is 93.6 Å². The van der Waals surface area contributed by atoms with Crippen LogP contribution in [-0.4, -0.2) is 28.5 Å². The van der Waals surface area contributed by atoms with Crippen LogP contribution < -0.4 is 4.90 Å². The summed E-state index contributed by atoms with van der Waals surface area (Å²) in [5, 5.41) is 10.2. The van der Waals surface area contributed by atoms with Crippen LogP contribution >= 0.6 is 0 Å². The van der Waals surface area contributed by atoms with Crippen molar-refractivity contribution in [1.82, 2.24) is 0 Å². The summed E-state index contributed by atoms with van der Waals surface area (Å²) in [5.41, 5.74) is 5.36. The molecule has 1 aliphatic heterocycles. The lowest BCUT2D eigenvalue weighted by Crippen LogP contribution is -2.39. The van der Waals surface area contributed by atoms with Gasteiger partial charge in [-0.25, -0.2) is 0 Å². The smallest absolute Gasteiger partial charge is 0.238 e. The Hall–Kier alpha value is -4.06. The van der Waals surface area contributed by atoms with Crippen LogP contribution in [0.2, 0.25) is 0 Å². The van der Waals surface area contributed by atoms with Crippen molar-refractivity contribution in [2.24, 2.45) is 17.8 Å². The monoisotopic (exact) mass is 507 g/mol. The van der Waals surface area contributed by atoms with Crippen molar-refractivity contribution in [2.45, 2.75) is 46.0 Å². The number of hydrogen-bond donors (Lipinski definition) is 1. The summed E-state index contributed by atoms with van der Waals surface area (Å²) in [6, 6.07) is 12.7. The minimum absolute atomic E-state index is 0.149. The zero-order valence-electron chi connectivity index (χ0n) is 21.7. The van der Waals surface area contributed by atoms with Crippen LogP contribution in [0.1, 0.15) is 49.3 Å². The lowest BCUT2D eigenvalue weighted by atomic mass is 9.59. The fraction of sp³-hybridized carbons (Fsp3) is 0.312. The fourth-order valence-electron chi connectivity index (χ4n) is 6.73. The third-order valence-electron chi connectivity index (χ3n) is 8.72. The van der Waals surface area contributed by atoms with E-state index in [0.717, 1.165) is 23.1 Å². The van der Waals surface area contributed by atoms with E-state index in [0.29, 0.717) is 34.4 Å². The van der Waals surface area contributed by atoms with Crippen molar-refractivity contribution in [2.75, 3.05) is 4.90 Å². The number of imide groups is 1. The van der Waals surface area contributed by atoms with E-state index < -0.39 is 17.8 Å². The molecule has 0 aromatic heterocycles. The quantitative estimate of drug-likeness (QED) is 0.363. The predicted molar refractivity (Wildman–Crippen MR) is 142 cm³/mol. The zero-order valence-corrected chi connectivity index (χ0v) is 21.7. The number of carbonyl (C=O) groups excluding carboxylic acids is 4. The molecule has 2 aromatic rings. The summed E-state index contributed by atoms with van der Waals surface area (Å²) in [5.74, 6) is -2.65. The molecule has 192 valence electrons. The molecule has 1 heterocycles. The lowest BCUT2D eigenvalue weighted by Gasteiger charge is -2.42. The summed E-state index contributed by atoms with van der Waals surface area (Å²) < 4.78 is 0. The van der Waals surface area contributed by atoms with Gasteiger partial charge in [-0.3, -0.25) is 24.1 Å². The molecule has 1 N–H and O–H groups in total. The minimum atomic E-state index is -0.599. The number of allylic oxidation sites excluding steroid dienone is 6. The van der Waals surface area contributed by atoms with Crippen molar-refractivity contribution in [3.63, 3.8) is 0 Å². The number of amides is 2. The van der Waals surface area contributed by atoms with Gasteiger partial charge in [-0.15, -0.1) is 0 Å². The van der Waals surface area contributed by atoms with Gasteiger partial charge in [0.05, 0.1) is 17.5 Å². The first-order valence-electron chi connectivity index (χ1n) is 13.2. The Kier molecular flexibility index (Phi) is 5.60. The second-order valence-corrected chi connectivity index (χ2v) is 10.8. The normalized spacial score (nSPS) is 26.7. The van der Waals surface area contributed by atoms with E-state index in [1.165, 1.54) is 11.0 Å². The van der Waals surface area contributed by atoms with Crippen LogP contribution in [0.3, 0.4) is 0 Å². The van der Waals surface area contributed by atoms with Crippen LogP contribution in [-0.2, 0) is 25.6 Å². The second kappa shape index (κ2) is 8.76. The van der Waals surface area contributed by atoms with Gasteiger partial charge in [0.25, 0.3) is 0 Å². The highest BCUT2D eigenvalue weighted by Crippen LogP contribution is 2.55. The van der Waals surface area contributed by atoms with Gasteiger partial charge in [0.2, 0.25) is 11.8 Å². The Bertz CT molecular complexity index is 1520. The maximum absolute atomic E-state index is 13.9. The number of anilines is 1. The average molecular weight is 508 g/mol. The summed E-state index contributed by atoms with van der Waals surface area (Å²) in [7, 11) is 0. The number of phenolic OH excluding ortho intramolecular Hbond substituents is 1. The number of ketones is 2. The highest BCUT2D eigenvalue weighted by molar-refractivity contribution is 6.25. The highest BCUT2D eigenvalue weighted by Gasteiger charge is 2.56. The van der Waals surface area contributed by atoms with Gasteiger partial charge < -0.3 is 5.11 Å². The molecule has 2 aromatic carbocycles. The molecule has 1 saturated heterocycles. The standard InChI is InChI=1S/C32H29NO5/c1-4-18-5-8-20(9-6-18)33-31(37)22-11-10-21-23(28(22)32(33)38)15-24-26(35)14-17(3)30(36)29(24)27(21)19-7-12-25(34)16(2)13-19/h5-10,12-14,22-23,27-28,34H,4,11,15H2,1-3H3. The molecule has 0 spiro atoms. The zero-order chi connectivity index (χ0) is 26.9. The van der Waals surface area contributed by atoms with Crippen molar-refractivity contribution < 1.29 is 24.3 Å². The Labute approximate surface area is 221 Å². The van der Waals surface area contributed by atoms with Crippen LogP contribution in [0.25, 0.3) is 0 Å². The number of aryl methyl sites for hydroxylation is 2. The number of aromatic hydroxyl groups is 1. The van der Waals surface area contributed by atoms with Gasteiger partial charge in [0.15, 0.2) is 11.6 Å². The summed E-state index contributed by atoms with van der Waals surface area (Å²) in [6.07, 6.45) is 4.92. The summed E-state index contributed by atoms with van der Waals surface area (Å²) in [6.45, 7) is 5.50. The molecule has 2 amide bonds. The molecule has 0 saturated carbocycles. The van der Waals surface area contributed by atoms with Gasteiger partial charge in [0.1, 0.15) is 5.75 Å². The molecule has 6 rings (SSSR count). The third kappa shape index (κ3) is 3.46. The van der Waals surface area contributed by atoms with Gasteiger partial charge in [-0.1, -0.05) is 42.8 Å². The number of rotatable bonds is 3. The predicted octanol–water partition coefficient (Wildman–Crippen LogP) is 4.90. The molecule has 6 nitrogen and oxygen atoms in total. The Morgan fingerprint density at radius 1 is 0.947 bits per heavy atom. The Morgan fingerprint density at radius 2 is 1.68 bits per heavy atom. The topological polar surface area (TPSA) is 91.8 Å². The average Bonchev–Trinajstić information content (AvgIpc) is 3.17. The molecule has 38 heavy (non-hydrogen) atoms. The number of Topliss-reactive ketones (excluding diaryl/α,β-unsaturated/α-hetero) is 1. The molecular formula is C32H29NO5. The number of fused-ring (bicyclic) bond motifs is 3. The third-order valence-corrected chi connectivity index (χ3v) is 8.72. The van der Waals surface area contributed by atoms with E-state index in [2.05, 4.69) is 6.92 Å². The molecule has 0 bridgehead atoms. The second-order valence-electron chi connectivity index (χ2n) is 10.8. The molecule has 6 heteroatoms. The first kappa shape index (κ1) is 24.3. The first-order chi connectivity index (χ1) is 18.2. The van der Waals surface area contributed by atoms with E-state index in [1.54, 1.807) is 26.0 Å². The SMILES string of the molecule is CCc1ccc(N2C(=O)C3CC=C4C(c5ccc(O)c(C)c5)C5=C(CC4C3C2=O)C(=O)C=C(C)C5=O)cc1. The molecule has 4 aliphatic rings. The van der Waals surface area contributed by atoms with Crippen LogP contribution in [0.5, 0.6) is 5.75 Å². The van der Waals surface area contributed by atoms with E-state index in [4.69, 9.17) is 0 Å². The summed E-state index contributed by atoms with van der Waals surface area (Å²) >= 11 is 0. The van der Waals surface area contributed by atoms with Gasteiger partial charge in [-0.2, -0.15) is 0 Å². The van der Waals surface area contributed by atoms with Crippen LogP contribution in [0.4, 0.5) is 5.69 Å². The van der Waals surface area contributed by atoms with E-state index in [1.807, 2.05) is 36.4 Å². The number of phenols is 1. The largest absolute Gasteiger partial charge is 0.508 e. The van der Waals surface area contributed by atoms with E-state index in [-0.39, 0.29) is 41.5 Å². The fourth-order valence-corrected chi connectivity index (χ4v) is 6.73. The lowest BCUT2D eigenvalue weighted by molar-refractivity contribution is -0.123. The first-order valence-corrected chi connectivity index (χ1v) is 13.2. The van der Waals surface area contributed by atoms with Crippen LogP contribution in [0.15, 0.2) is 76.9 Å². The van der Waals surface area contributed by atoms with Gasteiger partial charge >= 0.3 is 0 Å². The Balaban J connectivity index is 1.47. The maximum Gasteiger partial charge on any atom is 0.238 e. The molecule has 1 fully saturated rings. The van der Waals surface area contributed by atoms with Crippen molar-refractivity contribution >= 4 is 29.1 Å². The maximum atomic E-state index is 13.9. The van der Waals surface area contributed by atoms with Gasteiger partial charge in [-0.05, 0) is 80.0 Å². The molecular weight excluding hydrogens is 478 g/mol. The van der Waals surface area contributed by atoms with Crippen LogP contribution in [0, 0.1) is 24.7 Å². The van der Waals surface area contributed by atoms with Crippen molar-refractivity contribution in [3.8, 4) is 5.75 Å². The highest BCUT2D eigenvalue weighted by atomic mass is 16.3. The molecule has 4 atom stereocenters. The van der Waals surface area contributed by atoms with Crippen molar-refractivity contribution in [1.29, 1.82) is 0 Å². The Morgan fingerprint density at radius 3 is 2.37 bits per heavy atom. The van der Waals surface area contributed by atoms with Gasteiger partial charge in [0, 0.05) is 22.6 Å². The number of carbonyl (C=O) groups is 4.